The smallest absolute Gasteiger partial charge is 0.242 e. The molecule has 146 valence electrons. The fraction of sp³-hybridized carbons (Fsp3) is 0.316. The lowest BCUT2D eigenvalue weighted by molar-refractivity contribution is -0.117. The average Bonchev–Trinajstić information content (AvgIpc) is 2.59. The summed E-state index contributed by atoms with van der Waals surface area (Å²) in [6, 6.07) is 8.70. The summed E-state index contributed by atoms with van der Waals surface area (Å²) in [6.45, 7) is 7.42. The molecule has 0 saturated heterocycles. The second kappa shape index (κ2) is 8.73. The lowest BCUT2D eigenvalue weighted by Gasteiger charge is -2.16. The van der Waals surface area contributed by atoms with Crippen molar-refractivity contribution in [3.8, 4) is 5.75 Å². The standard InChI is InChI=1S/C19H23ClN2O4S/c1-5-26-18-9-8-16(10-13(18)3)27(24,25)22-14(4)19(23)21-17-11-15(20)7-6-12(17)2/h6-11,14,22H,5H2,1-4H3,(H,21,23)/t14-/m0/s1. The zero-order valence-corrected chi connectivity index (χ0v) is 17.2. The van der Waals surface area contributed by atoms with Gasteiger partial charge in [-0.2, -0.15) is 4.72 Å². The number of amides is 1. The first kappa shape index (κ1) is 21.2. The molecule has 0 bridgehead atoms. The summed E-state index contributed by atoms with van der Waals surface area (Å²) in [5, 5.41) is 3.17. The van der Waals surface area contributed by atoms with Crippen LogP contribution >= 0.6 is 11.6 Å². The van der Waals surface area contributed by atoms with Crippen LogP contribution in [0.1, 0.15) is 25.0 Å². The third-order valence-electron chi connectivity index (χ3n) is 3.94. The maximum Gasteiger partial charge on any atom is 0.242 e. The third-order valence-corrected chi connectivity index (χ3v) is 5.71. The zero-order chi connectivity index (χ0) is 20.2. The van der Waals surface area contributed by atoms with Gasteiger partial charge in [0.05, 0.1) is 17.5 Å². The molecule has 0 unspecified atom stereocenters. The van der Waals surface area contributed by atoms with Crippen molar-refractivity contribution >= 4 is 33.2 Å². The molecule has 2 aromatic rings. The fourth-order valence-electron chi connectivity index (χ4n) is 2.43. The molecule has 2 aromatic carbocycles. The monoisotopic (exact) mass is 410 g/mol. The molecular weight excluding hydrogens is 388 g/mol. The Kier molecular flexibility index (Phi) is 6.86. The Morgan fingerprint density at radius 2 is 1.85 bits per heavy atom. The molecule has 6 nitrogen and oxygen atoms in total. The van der Waals surface area contributed by atoms with Crippen LogP contribution in [-0.2, 0) is 14.8 Å². The first-order chi connectivity index (χ1) is 12.6. The molecule has 0 radical (unpaired) electrons. The van der Waals surface area contributed by atoms with Crippen molar-refractivity contribution in [1.82, 2.24) is 4.72 Å². The summed E-state index contributed by atoms with van der Waals surface area (Å²) in [5.74, 6) is 0.144. The van der Waals surface area contributed by atoms with Gasteiger partial charge in [0.15, 0.2) is 0 Å². The molecule has 2 N–H and O–H groups in total. The molecule has 0 fully saturated rings. The fourth-order valence-corrected chi connectivity index (χ4v) is 3.89. The number of rotatable bonds is 7. The van der Waals surface area contributed by atoms with Crippen LogP contribution in [0.15, 0.2) is 41.3 Å². The number of nitrogens with one attached hydrogen (secondary N) is 2. The van der Waals surface area contributed by atoms with Crippen molar-refractivity contribution in [2.75, 3.05) is 11.9 Å². The summed E-state index contributed by atoms with van der Waals surface area (Å²) < 4.78 is 33.0. The van der Waals surface area contributed by atoms with E-state index in [4.69, 9.17) is 16.3 Å². The molecule has 0 aliphatic heterocycles. The van der Waals surface area contributed by atoms with E-state index in [-0.39, 0.29) is 4.90 Å². The van der Waals surface area contributed by atoms with Crippen molar-refractivity contribution in [1.29, 1.82) is 0 Å². The van der Waals surface area contributed by atoms with Gasteiger partial charge in [-0.05, 0) is 69.2 Å². The molecule has 0 heterocycles. The molecule has 0 aromatic heterocycles. The van der Waals surface area contributed by atoms with Gasteiger partial charge in [0.1, 0.15) is 5.75 Å². The van der Waals surface area contributed by atoms with Crippen LogP contribution in [0.3, 0.4) is 0 Å². The number of carbonyl (C=O) groups is 1. The van der Waals surface area contributed by atoms with Crippen LogP contribution in [0.25, 0.3) is 0 Å². The summed E-state index contributed by atoms with van der Waals surface area (Å²) in [5.41, 5.74) is 2.06. The number of anilines is 1. The number of hydrogen-bond acceptors (Lipinski definition) is 4. The highest BCUT2D eigenvalue weighted by Crippen LogP contribution is 2.23. The predicted molar refractivity (Wildman–Crippen MR) is 107 cm³/mol. The van der Waals surface area contributed by atoms with Crippen molar-refractivity contribution in [3.63, 3.8) is 0 Å². The molecular formula is C19H23ClN2O4S. The predicted octanol–water partition coefficient (Wildman–Crippen LogP) is 3.66. The van der Waals surface area contributed by atoms with E-state index in [1.165, 1.54) is 19.1 Å². The van der Waals surface area contributed by atoms with E-state index in [9.17, 15) is 13.2 Å². The number of hydrogen-bond donors (Lipinski definition) is 2. The number of aryl methyl sites for hydroxylation is 2. The molecule has 1 atom stereocenters. The Hall–Kier alpha value is -2.09. The number of carbonyl (C=O) groups excluding carboxylic acids is 1. The van der Waals surface area contributed by atoms with E-state index in [0.29, 0.717) is 28.6 Å². The van der Waals surface area contributed by atoms with Crippen LogP contribution < -0.4 is 14.8 Å². The van der Waals surface area contributed by atoms with Gasteiger partial charge in [0.25, 0.3) is 0 Å². The SMILES string of the molecule is CCOc1ccc(S(=O)(=O)N[C@@H](C)C(=O)Nc2cc(Cl)ccc2C)cc1C. The quantitative estimate of drug-likeness (QED) is 0.729. The first-order valence-corrected chi connectivity index (χ1v) is 10.3. The number of ether oxygens (including phenoxy) is 1. The topological polar surface area (TPSA) is 84.5 Å². The van der Waals surface area contributed by atoms with Gasteiger partial charge in [0.2, 0.25) is 15.9 Å². The molecule has 8 heteroatoms. The van der Waals surface area contributed by atoms with E-state index in [1.54, 1.807) is 31.2 Å². The van der Waals surface area contributed by atoms with Gasteiger partial charge >= 0.3 is 0 Å². The highest BCUT2D eigenvalue weighted by molar-refractivity contribution is 7.89. The van der Waals surface area contributed by atoms with Crippen LogP contribution in [0, 0.1) is 13.8 Å². The van der Waals surface area contributed by atoms with Gasteiger partial charge in [-0.15, -0.1) is 0 Å². The van der Waals surface area contributed by atoms with Crippen molar-refractivity contribution in [2.24, 2.45) is 0 Å². The molecule has 27 heavy (non-hydrogen) atoms. The Bertz CT molecular complexity index is 945. The van der Waals surface area contributed by atoms with E-state index in [0.717, 1.165) is 5.56 Å². The maximum absolute atomic E-state index is 12.6. The van der Waals surface area contributed by atoms with Gasteiger partial charge in [0, 0.05) is 10.7 Å². The summed E-state index contributed by atoms with van der Waals surface area (Å²) in [7, 11) is -3.86. The normalized spacial score (nSPS) is 12.5. The number of benzene rings is 2. The minimum Gasteiger partial charge on any atom is -0.494 e. The van der Waals surface area contributed by atoms with Crippen molar-refractivity contribution in [2.45, 2.75) is 38.6 Å². The molecule has 2 rings (SSSR count). The van der Waals surface area contributed by atoms with Gasteiger partial charge < -0.3 is 10.1 Å². The van der Waals surface area contributed by atoms with Gasteiger partial charge in [-0.25, -0.2) is 8.42 Å². The lowest BCUT2D eigenvalue weighted by atomic mass is 10.2. The maximum atomic E-state index is 12.6. The zero-order valence-electron chi connectivity index (χ0n) is 15.7. The third kappa shape index (κ3) is 5.45. The number of halogens is 1. The summed E-state index contributed by atoms with van der Waals surface area (Å²) in [6.07, 6.45) is 0. The van der Waals surface area contributed by atoms with Crippen LogP contribution in [0.5, 0.6) is 5.75 Å². The van der Waals surface area contributed by atoms with E-state index in [2.05, 4.69) is 10.0 Å². The highest BCUT2D eigenvalue weighted by atomic mass is 35.5. The molecule has 0 aliphatic rings. The first-order valence-electron chi connectivity index (χ1n) is 8.47. The van der Waals surface area contributed by atoms with Crippen molar-refractivity contribution in [3.05, 3.63) is 52.5 Å². The largest absolute Gasteiger partial charge is 0.494 e. The minimum absolute atomic E-state index is 0.0713. The highest BCUT2D eigenvalue weighted by Gasteiger charge is 2.23. The molecule has 0 spiro atoms. The Morgan fingerprint density at radius 3 is 2.48 bits per heavy atom. The molecule has 0 saturated carbocycles. The van der Waals surface area contributed by atoms with E-state index < -0.39 is 22.0 Å². The summed E-state index contributed by atoms with van der Waals surface area (Å²) >= 11 is 5.94. The Morgan fingerprint density at radius 1 is 1.15 bits per heavy atom. The molecule has 0 aliphatic carbocycles. The number of sulfonamides is 1. The molecule has 1 amide bonds. The lowest BCUT2D eigenvalue weighted by Crippen LogP contribution is -2.41. The second-order valence-corrected chi connectivity index (χ2v) is 8.30. The van der Waals surface area contributed by atoms with Crippen LogP contribution in [-0.4, -0.2) is 27.0 Å². The summed E-state index contributed by atoms with van der Waals surface area (Å²) in [4.78, 5) is 12.5. The average molecular weight is 411 g/mol. The minimum atomic E-state index is -3.86. The van der Waals surface area contributed by atoms with Crippen molar-refractivity contribution < 1.29 is 17.9 Å². The van der Waals surface area contributed by atoms with E-state index >= 15 is 0 Å². The van der Waals surface area contributed by atoms with E-state index in [1.807, 2.05) is 13.8 Å². The van der Waals surface area contributed by atoms with Gasteiger partial charge in [-0.1, -0.05) is 17.7 Å². The van der Waals surface area contributed by atoms with Gasteiger partial charge in [-0.3, -0.25) is 4.79 Å². The van der Waals surface area contributed by atoms with Crippen LogP contribution in [0.2, 0.25) is 5.02 Å². The Labute approximate surface area is 164 Å². The second-order valence-electron chi connectivity index (χ2n) is 6.15. The van der Waals surface area contributed by atoms with Crippen LogP contribution in [0.4, 0.5) is 5.69 Å². The Balaban J connectivity index is 2.13.